The van der Waals surface area contributed by atoms with Crippen molar-refractivity contribution in [3.8, 4) is 0 Å². The summed E-state index contributed by atoms with van der Waals surface area (Å²) in [6.07, 6.45) is 8.20. The maximum absolute atomic E-state index is 11.8. The summed E-state index contributed by atoms with van der Waals surface area (Å²) in [5.74, 6) is 0.114. The Morgan fingerprint density at radius 1 is 1.22 bits per heavy atom. The average molecular weight is 254 g/mol. The van der Waals surface area contributed by atoms with Crippen LogP contribution in [0.4, 0.5) is 0 Å². The first-order valence-corrected chi connectivity index (χ1v) is 7.47. The first-order chi connectivity index (χ1) is 8.79. The van der Waals surface area contributed by atoms with E-state index in [1.165, 1.54) is 25.7 Å². The number of piperidine rings is 1. The summed E-state index contributed by atoms with van der Waals surface area (Å²) in [4.78, 5) is 11.8. The molecule has 0 amide bonds. The lowest BCUT2D eigenvalue weighted by molar-refractivity contribution is -0.149. The monoisotopic (exact) mass is 254 g/mol. The summed E-state index contributed by atoms with van der Waals surface area (Å²) in [6.45, 7) is 4.69. The zero-order chi connectivity index (χ0) is 12.8. The molecule has 1 aliphatic carbocycles. The van der Waals surface area contributed by atoms with Crippen LogP contribution in [0.1, 0.15) is 51.9 Å². The largest absolute Gasteiger partial charge is 0.466 e. The van der Waals surface area contributed by atoms with Crippen LogP contribution in [0.2, 0.25) is 0 Å². The standard InChI is InChI=1S/C14H26N2O2/c1-2-18-14(17)12-7-6-8-13(11-12)15-16-9-4-3-5-10-16/h12-13,15H,2-11H2,1H3. The van der Waals surface area contributed by atoms with Crippen molar-refractivity contribution in [1.29, 1.82) is 0 Å². The van der Waals surface area contributed by atoms with E-state index in [4.69, 9.17) is 4.74 Å². The molecule has 1 N–H and O–H groups in total. The number of ether oxygens (including phenoxy) is 1. The molecule has 1 saturated carbocycles. The van der Waals surface area contributed by atoms with Gasteiger partial charge < -0.3 is 4.74 Å². The molecule has 2 rings (SSSR count). The van der Waals surface area contributed by atoms with E-state index in [0.29, 0.717) is 12.6 Å². The number of carbonyl (C=O) groups is 1. The lowest BCUT2D eigenvalue weighted by atomic mass is 9.86. The Hall–Kier alpha value is -0.610. The fourth-order valence-corrected chi connectivity index (χ4v) is 3.06. The Labute approximate surface area is 110 Å². The molecule has 2 atom stereocenters. The third-order valence-corrected chi connectivity index (χ3v) is 4.02. The molecule has 2 unspecified atom stereocenters. The maximum atomic E-state index is 11.8. The van der Waals surface area contributed by atoms with E-state index in [-0.39, 0.29) is 11.9 Å². The van der Waals surface area contributed by atoms with Crippen LogP contribution in [0.15, 0.2) is 0 Å². The van der Waals surface area contributed by atoms with Gasteiger partial charge in [0.25, 0.3) is 0 Å². The van der Waals surface area contributed by atoms with Gasteiger partial charge in [-0.05, 0) is 39.0 Å². The van der Waals surface area contributed by atoms with E-state index in [1.54, 1.807) is 0 Å². The number of hydrogen-bond donors (Lipinski definition) is 1. The van der Waals surface area contributed by atoms with E-state index in [0.717, 1.165) is 32.4 Å². The van der Waals surface area contributed by atoms with Crippen molar-refractivity contribution >= 4 is 5.97 Å². The zero-order valence-corrected chi connectivity index (χ0v) is 11.5. The van der Waals surface area contributed by atoms with Gasteiger partial charge in [0.05, 0.1) is 12.5 Å². The zero-order valence-electron chi connectivity index (χ0n) is 11.5. The molecular formula is C14H26N2O2. The minimum atomic E-state index is 0.00245. The molecule has 0 spiro atoms. The second-order valence-electron chi connectivity index (χ2n) is 5.49. The Morgan fingerprint density at radius 2 is 2.00 bits per heavy atom. The fourth-order valence-electron chi connectivity index (χ4n) is 3.06. The summed E-state index contributed by atoms with van der Waals surface area (Å²) in [6, 6.07) is 0.464. The summed E-state index contributed by atoms with van der Waals surface area (Å²) in [5, 5.41) is 2.35. The number of esters is 1. The van der Waals surface area contributed by atoms with Gasteiger partial charge in [-0.2, -0.15) is 0 Å². The Balaban J connectivity index is 1.77. The molecule has 0 aromatic heterocycles. The molecule has 4 nitrogen and oxygen atoms in total. The average Bonchev–Trinajstić information content (AvgIpc) is 2.40. The van der Waals surface area contributed by atoms with Crippen molar-refractivity contribution in [2.24, 2.45) is 5.92 Å². The molecule has 4 heteroatoms. The number of rotatable bonds is 4. The second-order valence-corrected chi connectivity index (χ2v) is 5.49. The van der Waals surface area contributed by atoms with E-state index in [1.807, 2.05) is 6.92 Å². The molecular weight excluding hydrogens is 228 g/mol. The molecule has 1 saturated heterocycles. The first-order valence-electron chi connectivity index (χ1n) is 7.47. The SMILES string of the molecule is CCOC(=O)C1CCCC(NN2CCCCC2)C1. The number of hydrogen-bond acceptors (Lipinski definition) is 4. The van der Waals surface area contributed by atoms with Gasteiger partial charge in [-0.25, -0.2) is 5.01 Å². The highest BCUT2D eigenvalue weighted by Gasteiger charge is 2.29. The van der Waals surface area contributed by atoms with Crippen LogP contribution in [0.5, 0.6) is 0 Å². The predicted octanol–water partition coefficient (Wildman–Crippen LogP) is 2.10. The van der Waals surface area contributed by atoms with E-state index >= 15 is 0 Å². The highest BCUT2D eigenvalue weighted by atomic mass is 16.5. The van der Waals surface area contributed by atoms with Crippen LogP contribution in [0, 0.1) is 5.92 Å². The minimum Gasteiger partial charge on any atom is -0.466 e. The Kier molecular flexibility index (Phi) is 5.45. The molecule has 104 valence electrons. The van der Waals surface area contributed by atoms with Gasteiger partial charge in [-0.3, -0.25) is 10.2 Å². The van der Waals surface area contributed by atoms with Crippen LogP contribution in [0.25, 0.3) is 0 Å². The summed E-state index contributed by atoms with van der Waals surface area (Å²) >= 11 is 0. The Bertz CT molecular complexity index is 265. The molecule has 1 heterocycles. The van der Waals surface area contributed by atoms with Crippen molar-refractivity contribution < 1.29 is 9.53 Å². The van der Waals surface area contributed by atoms with Gasteiger partial charge in [-0.1, -0.05) is 12.8 Å². The van der Waals surface area contributed by atoms with Crippen LogP contribution in [0.3, 0.4) is 0 Å². The topological polar surface area (TPSA) is 41.6 Å². The first kappa shape index (κ1) is 13.8. The molecule has 0 bridgehead atoms. The molecule has 1 aliphatic heterocycles. The van der Waals surface area contributed by atoms with E-state index in [2.05, 4.69) is 10.4 Å². The molecule has 0 aromatic carbocycles. The number of hydrazine groups is 1. The smallest absolute Gasteiger partial charge is 0.308 e. The van der Waals surface area contributed by atoms with Gasteiger partial charge in [0.1, 0.15) is 0 Å². The van der Waals surface area contributed by atoms with Crippen LogP contribution < -0.4 is 5.43 Å². The van der Waals surface area contributed by atoms with E-state index < -0.39 is 0 Å². The lowest BCUT2D eigenvalue weighted by Crippen LogP contribution is -2.49. The lowest BCUT2D eigenvalue weighted by Gasteiger charge is -2.35. The summed E-state index contributed by atoms with van der Waals surface area (Å²) in [7, 11) is 0. The van der Waals surface area contributed by atoms with Gasteiger partial charge in [-0.15, -0.1) is 0 Å². The summed E-state index contributed by atoms with van der Waals surface area (Å²) in [5.41, 5.74) is 3.61. The van der Waals surface area contributed by atoms with Crippen molar-refractivity contribution in [2.45, 2.75) is 57.9 Å². The predicted molar refractivity (Wildman–Crippen MR) is 70.9 cm³/mol. The van der Waals surface area contributed by atoms with Crippen molar-refractivity contribution in [3.63, 3.8) is 0 Å². The van der Waals surface area contributed by atoms with E-state index in [9.17, 15) is 4.79 Å². The third kappa shape index (κ3) is 3.95. The normalized spacial score (nSPS) is 30.1. The molecule has 0 aromatic rings. The van der Waals surface area contributed by atoms with Crippen molar-refractivity contribution in [2.75, 3.05) is 19.7 Å². The molecule has 2 fully saturated rings. The van der Waals surface area contributed by atoms with Crippen LogP contribution in [-0.2, 0) is 9.53 Å². The molecule has 18 heavy (non-hydrogen) atoms. The quantitative estimate of drug-likeness (QED) is 0.780. The molecule has 0 radical (unpaired) electrons. The highest BCUT2D eigenvalue weighted by Crippen LogP contribution is 2.26. The van der Waals surface area contributed by atoms with Crippen LogP contribution in [-0.4, -0.2) is 36.7 Å². The highest BCUT2D eigenvalue weighted by molar-refractivity contribution is 5.72. The van der Waals surface area contributed by atoms with Crippen molar-refractivity contribution in [1.82, 2.24) is 10.4 Å². The fraction of sp³-hybridized carbons (Fsp3) is 0.929. The number of nitrogens with one attached hydrogen (secondary N) is 1. The second kappa shape index (κ2) is 7.10. The van der Waals surface area contributed by atoms with Gasteiger partial charge >= 0.3 is 5.97 Å². The third-order valence-electron chi connectivity index (χ3n) is 4.02. The van der Waals surface area contributed by atoms with Gasteiger partial charge in [0.15, 0.2) is 0 Å². The number of carbonyl (C=O) groups excluding carboxylic acids is 1. The maximum Gasteiger partial charge on any atom is 0.308 e. The van der Waals surface area contributed by atoms with Crippen molar-refractivity contribution in [3.05, 3.63) is 0 Å². The number of nitrogens with zero attached hydrogens (tertiary/aromatic N) is 1. The van der Waals surface area contributed by atoms with Gasteiger partial charge in [0.2, 0.25) is 0 Å². The molecule has 2 aliphatic rings. The van der Waals surface area contributed by atoms with Crippen LogP contribution >= 0.6 is 0 Å². The minimum absolute atomic E-state index is 0.00245. The Morgan fingerprint density at radius 3 is 2.72 bits per heavy atom. The summed E-state index contributed by atoms with van der Waals surface area (Å²) < 4.78 is 5.14. The van der Waals surface area contributed by atoms with Gasteiger partial charge in [0, 0.05) is 19.1 Å².